The lowest BCUT2D eigenvalue weighted by Crippen LogP contribution is -2.32. The summed E-state index contributed by atoms with van der Waals surface area (Å²) in [6, 6.07) is 17.3. The van der Waals surface area contributed by atoms with Crippen LogP contribution >= 0.6 is 0 Å². The lowest BCUT2D eigenvalue weighted by molar-refractivity contribution is -0.129. The van der Waals surface area contributed by atoms with Crippen LogP contribution in [-0.2, 0) is 4.79 Å². The van der Waals surface area contributed by atoms with Crippen molar-refractivity contribution in [3.05, 3.63) is 71.5 Å². The summed E-state index contributed by atoms with van der Waals surface area (Å²) in [6.07, 6.45) is 0. The minimum Gasteiger partial charge on any atom is -0.332 e. The van der Waals surface area contributed by atoms with Crippen molar-refractivity contribution in [1.82, 2.24) is 25.1 Å². The van der Waals surface area contributed by atoms with E-state index in [0.29, 0.717) is 5.82 Å². The van der Waals surface area contributed by atoms with Gasteiger partial charge < -0.3 is 4.90 Å². The Balaban J connectivity index is 2.11. The summed E-state index contributed by atoms with van der Waals surface area (Å²) in [7, 11) is 1.76. The van der Waals surface area contributed by atoms with Gasteiger partial charge in [-0.3, -0.25) is 4.79 Å². The van der Waals surface area contributed by atoms with Crippen molar-refractivity contribution in [2.75, 3.05) is 7.05 Å². The van der Waals surface area contributed by atoms with Crippen LogP contribution in [0.2, 0.25) is 0 Å². The van der Waals surface area contributed by atoms with Gasteiger partial charge in [-0.2, -0.15) is 4.68 Å². The second-order valence-electron chi connectivity index (χ2n) is 5.73. The van der Waals surface area contributed by atoms with Crippen molar-refractivity contribution in [3.8, 4) is 5.69 Å². The van der Waals surface area contributed by atoms with E-state index in [-0.39, 0.29) is 11.9 Å². The van der Waals surface area contributed by atoms with E-state index in [1.54, 1.807) is 16.6 Å². The molecule has 0 fully saturated rings. The van der Waals surface area contributed by atoms with Gasteiger partial charge in [0.15, 0.2) is 5.82 Å². The van der Waals surface area contributed by atoms with Gasteiger partial charge in [0.05, 0.1) is 5.69 Å². The Morgan fingerprint density at radius 1 is 1.08 bits per heavy atom. The Hall–Kier alpha value is -3.02. The van der Waals surface area contributed by atoms with E-state index in [2.05, 4.69) is 15.5 Å². The molecule has 0 saturated heterocycles. The number of carbonyl (C=O) groups is 1. The summed E-state index contributed by atoms with van der Waals surface area (Å²) >= 11 is 0. The molecule has 24 heavy (non-hydrogen) atoms. The molecule has 1 aromatic heterocycles. The van der Waals surface area contributed by atoms with Crippen LogP contribution in [0.1, 0.15) is 29.9 Å². The summed E-state index contributed by atoms with van der Waals surface area (Å²) in [4.78, 5) is 13.6. The van der Waals surface area contributed by atoms with Crippen molar-refractivity contribution in [2.24, 2.45) is 0 Å². The molecule has 3 rings (SSSR count). The molecule has 122 valence electrons. The molecule has 0 bridgehead atoms. The fourth-order valence-corrected chi connectivity index (χ4v) is 2.60. The van der Waals surface area contributed by atoms with E-state index in [9.17, 15) is 4.79 Å². The standard InChI is InChI=1S/C18H19N5O/c1-13-9-11-16(12-10-13)23-18(19-20-21-23)17(22(3)14(2)24)15-7-5-4-6-8-15/h4-12,17H,1-3H3. The number of rotatable bonds is 4. The predicted molar refractivity (Wildman–Crippen MR) is 90.6 cm³/mol. The van der Waals surface area contributed by atoms with E-state index in [4.69, 9.17) is 0 Å². The molecular formula is C18H19N5O. The highest BCUT2D eigenvalue weighted by Crippen LogP contribution is 2.27. The molecule has 1 unspecified atom stereocenters. The summed E-state index contributed by atoms with van der Waals surface area (Å²) in [5, 5.41) is 12.2. The van der Waals surface area contributed by atoms with Crippen molar-refractivity contribution < 1.29 is 4.79 Å². The van der Waals surface area contributed by atoms with Gasteiger partial charge in [0.25, 0.3) is 0 Å². The third-order valence-corrected chi connectivity index (χ3v) is 4.02. The number of amides is 1. The van der Waals surface area contributed by atoms with Crippen LogP contribution in [0.25, 0.3) is 5.69 Å². The first kappa shape index (κ1) is 15.9. The van der Waals surface area contributed by atoms with Gasteiger partial charge in [0, 0.05) is 14.0 Å². The summed E-state index contributed by atoms with van der Waals surface area (Å²) in [5.41, 5.74) is 2.98. The third kappa shape index (κ3) is 3.03. The van der Waals surface area contributed by atoms with E-state index < -0.39 is 0 Å². The van der Waals surface area contributed by atoms with Crippen LogP contribution in [0.4, 0.5) is 0 Å². The van der Waals surface area contributed by atoms with Gasteiger partial charge in [-0.25, -0.2) is 0 Å². The number of hydrogen-bond donors (Lipinski definition) is 0. The average Bonchev–Trinajstić information content (AvgIpc) is 3.06. The Morgan fingerprint density at radius 2 is 1.75 bits per heavy atom. The highest BCUT2D eigenvalue weighted by molar-refractivity contribution is 5.74. The van der Waals surface area contributed by atoms with Crippen molar-refractivity contribution in [2.45, 2.75) is 19.9 Å². The summed E-state index contributed by atoms with van der Waals surface area (Å²) in [6.45, 7) is 3.57. The first-order valence-electron chi connectivity index (χ1n) is 7.71. The molecule has 0 radical (unpaired) electrons. The maximum Gasteiger partial charge on any atom is 0.220 e. The number of hydrogen-bond acceptors (Lipinski definition) is 4. The van der Waals surface area contributed by atoms with E-state index in [1.807, 2.05) is 61.5 Å². The molecule has 3 aromatic rings. The van der Waals surface area contributed by atoms with Crippen LogP contribution in [0, 0.1) is 6.92 Å². The van der Waals surface area contributed by atoms with Crippen LogP contribution in [-0.4, -0.2) is 38.1 Å². The van der Waals surface area contributed by atoms with Crippen molar-refractivity contribution in [3.63, 3.8) is 0 Å². The van der Waals surface area contributed by atoms with Gasteiger partial charge in [0.1, 0.15) is 6.04 Å². The van der Waals surface area contributed by atoms with Crippen LogP contribution < -0.4 is 0 Å². The summed E-state index contributed by atoms with van der Waals surface area (Å²) < 4.78 is 1.68. The molecule has 0 aliphatic carbocycles. The molecule has 6 heteroatoms. The summed E-state index contributed by atoms with van der Waals surface area (Å²) in [5.74, 6) is 0.546. The Labute approximate surface area is 140 Å². The van der Waals surface area contributed by atoms with Gasteiger partial charge in [-0.1, -0.05) is 48.0 Å². The molecule has 1 atom stereocenters. The van der Waals surface area contributed by atoms with E-state index in [1.165, 1.54) is 6.92 Å². The van der Waals surface area contributed by atoms with Gasteiger partial charge >= 0.3 is 0 Å². The van der Waals surface area contributed by atoms with E-state index in [0.717, 1.165) is 16.8 Å². The Kier molecular flexibility index (Phi) is 4.37. The second kappa shape index (κ2) is 6.62. The Bertz CT molecular complexity index is 826. The van der Waals surface area contributed by atoms with Crippen molar-refractivity contribution in [1.29, 1.82) is 0 Å². The molecule has 0 spiro atoms. The molecule has 0 aliphatic heterocycles. The van der Waals surface area contributed by atoms with Gasteiger partial charge in [-0.15, -0.1) is 5.10 Å². The predicted octanol–water partition coefficient (Wildman–Crippen LogP) is 2.54. The minimum atomic E-state index is -0.361. The topological polar surface area (TPSA) is 63.9 Å². The zero-order valence-electron chi connectivity index (χ0n) is 13.9. The highest BCUT2D eigenvalue weighted by atomic mass is 16.2. The number of tetrazole rings is 1. The first-order chi connectivity index (χ1) is 11.6. The van der Waals surface area contributed by atoms with Gasteiger partial charge in [0.2, 0.25) is 5.91 Å². The second-order valence-corrected chi connectivity index (χ2v) is 5.73. The molecule has 1 heterocycles. The Morgan fingerprint density at radius 3 is 2.38 bits per heavy atom. The lowest BCUT2D eigenvalue weighted by atomic mass is 10.0. The molecule has 6 nitrogen and oxygen atoms in total. The SMILES string of the molecule is CC(=O)N(C)C(c1ccccc1)c1nnnn1-c1ccc(C)cc1. The normalized spacial score (nSPS) is 12.0. The smallest absolute Gasteiger partial charge is 0.220 e. The zero-order chi connectivity index (χ0) is 17.1. The number of aromatic nitrogens is 4. The van der Waals surface area contributed by atoms with E-state index >= 15 is 0 Å². The fraction of sp³-hybridized carbons (Fsp3) is 0.222. The quantitative estimate of drug-likeness (QED) is 0.741. The molecule has 1 amide bonds. The monoisotopic (exact) mass is 321 g/mol. The van der Waals surface area contributed by atoms with Crippen LogP contribution in [0.5, 0.6) is 0 Å². The van der Waals surface area contributed by atoms with Crippen LogP contribution in [0.15, 0.2) is 54.6 Å². The molecular weight excluding hydrogens is 302 g/mol. The molecule has 0 aliphatic rings. The first-order valence-corrected chi connectivity index (χ1v) is 7.71. The molecule has 0 saturated carbocycles. The lowest BCUT2D eigenvalue weighted by Gasteiger charge is -2.26. The molecule has 0 N–H and O–H groups in total. The third-order valence-electron chi connectivity index (χ3n) is 4.02. The number of nitrogens with zero attached hydrogens (tertiary/aromatic N) is 5. The average molecular weight is 321 g/mol. The van der Waals surface area contributed by atoms with Gasteiger partial charge in [-0.05, 0) is 35.0 Å². The highest BCUT2D eigenvalue weighted by Gasteiger charge is 2.27. The fourth-order valence-electron chi connectivity index (χ4n) is 2.60. The zero-order valence-corrected chi connectivity index (χ0v) is 13.9. The number of carbonyl (C=O) groups excluding carboxylic acids is 1. The molecule has 2 aromatic carbocycles. The maximum atomic E-state index is 12.0. The minimum absolute atomic E-state index is 0.0534. The van der Waals surface area contributed by atoms with Crippen LogP contribution in [0.3, 0.4) is 0 Å². The largest absolute Gasteiger partial charge is 0.332 e. The van der Waals surface area contributed by atoms with Crippen molar-refractivity contribution >= 4 is 5.91 Å². The number of aryl methyl sites for hydroxylation is 1. The number of benzene rings is 2. The maximum absolute atomic E-state index is 12.0.